The lowest BCUT2D eigenvalue weighted by Gasteiger charge is -2.29. The van der Waals surface area contributed by atoms with Gasteiger partial charge in [-0.1, -0.05) is 0 Å². The number of halogens is 1. The van der Waals surface area contributed by atoms with Gasteiger partial charge >= 0.3 is 5.97 Å². The van der Waals surface area contributed by atoms with E-state index >= 15 is 0 Å². The second-order valence-corrected chi connectivity index (χ2v) is 4.81. The maximum absolute atomic E-state index is 11.5. The highest BCUT2D eigenvalue weighted by molar-refractivity contribution is 5.90. The largest absolute Gasteiger partial charge is 0.465 e. The number of methoxy groups -OCH3 is 1. The fourth-order valence-electron chi connectivity index (χ4n) is 2.39. The Morgan fingerprint density at radius 3 is 3.00 bits per heavy atom. The van der Waals surface area contributed by atoms with E-state index in [1.165, 1.54) is 7.11 Å². The number of nitrogens with zero attached hydrogens (tertiary/aromatic N) is 1. The Morgan fingerprint density at radius 1 is 1.63 bits per heavy atom. The summed E-state index contributed by atoms with van der Waals surface area (Å²) in [5.74, 6) is 1.05. The smallest absolute Gasteiger partial charge is 0.341 e. The molecule has 5 nitrogen and oxygen atoms in total. The van der Waals surface area contributed by atoms with E-state index < -0.39 is 0 Å². The standard InChI is InChI=1S/C13H20N2O3.ClH/c1-9-12(13(16)17-2)6-11(18-9)8-15-5-3-4-10(14)7-15;/h6,10H,3-5,7-8,14H2,1-2H3;1H. The van der Waals surface area contributed by atoms with Crippen molar-refractivity contribution in [2.24, 2.45) is 5.73 Å². The van der Waals surface area contributed by atoms with Crippen LogP contribution in [0.5, 0.6) is 0 Å². The molecule has 0 aromatic carbocycles. The van der Waals surface area contributed by atoms with Crippen molar-refractivity contribution in [2.45, 2.75) is 32.4 Å². The van der Waals surface area contributed by atoms with Gasteiger partial charge in [-0.2, -0.15) is 0 Å². The lowest BCUT2D eigenvalue weighted by Crippen LogP contribution is -2.42. The van der Waals surface area contributed by atoms with E-state index in [0.29, 0.717) is 17.9 Å². The first-order valence-corrected chi connectivity index (χ1v) is 6.25. The maximum Gasteiger partial charge on any atom is 0.341 e. The van der Waals surface area contributed by atoms with Crippen molar-refractivity contribution in [3.05, 3.63) is 23.2 Å². The summed E-state index contributed by atoms with van der Waals surface area (Å²) in [5.41, 5.74) is 6.45. The van der Waals surface area contributed by atoms with Crippen LogP contribution < -0.4 is 5.73 Å². The fraction of sp³-hybridized carbons (Fsp3) is 0.615. The third kappa shape index (κ3) is 3.96. The average Bonchev–Trinajstić information content (AvgIpc) is 2.69. The normalized spacial score (nSPS) is 19.8. The van der Waals surface area contributed by atoms with E-state index in [0.717, 1.165) is 31.7 Å². The number of nitrogens with two attached hydrogens (primary N) is 1. The van der Waals surface area contributed by atoms with Gasteiger partial charge in [0.1, 0.15) is 17.1 Å². The van der Waals surface area contributed by atoms with Crippen LogP contribution in [-0.2, 0) is 11.3 Å². The van der Waals surface area contributed by atoms with Crippen LogP contribution in [0.1, 0.15) is 34.7 Å². The predicted molar refractivity (Wildman–Crippen MR) is 74.5 cm³/mol. The fourth-order valence-corrected chi connectivity index (χ4v) is 2.39. The molecule has 108 valence electrons. The first-order valence-electron chi connectivity index (χ1n) is 6.25. The van der Waals surface area contributed by atoms with E-state index in [1.807, 2.05) is 0 Å². The summed E-state index contributed by atoms with van der Waals surface area (Å²) >= 11 is 0. The van der Waals surface area contributed by atoms with Crippen LogP contribution in [0, 0.1) is 6.92 Å². The molecule has 1 aliphatic heterocycles. The van der Waals surface area contributed by atoms with Crippen molar-refractivity contribution >= 4 is 18.4 Å². The number of rotatable bonds is 3. The Labute approximate surface area is 119 Å². The number of aryl methyl sites for hydroxylation is 1. The molecule has 0 spiro atoms. The molecule has 0 saturated carbocycles. The Hall–Kier alpha value is -1.04. The van der Waals surface area contributed by atoms with Gasteiger partial charge in [-0.25, -0.2) is 4.79 Å². The minimum absolute atomic E-state index is 0. The highest BCUT2D eigenvalue weighted by atomic mass is 35.5. The molecule has 1 fully saturated rings. The molecule has 0 aliphatic carbocycles. The predicted octanol–water partition coefficient (Wildman–Crippen LogP) is 1.72. The number of likely N-dealkylation sites (tertiary alicyclic amines) is 1. The quantitative estimate of drug-likeness (QED) is 0.858. The number of hydrogen-bond donors (Lipinski definition) is 1. The third-order valence-corrected chi connectivity index (χ3v) is 3.30. The summed E-state index contributed by atoms with van der Waals surface area (Å²) in [4.78, 5) is 13.7. The van der Waals surface area contributed by atoms with Gasteiger partial charge in [0.15, 0.2) is 0 Å². The summed E-state index contributed by atoms with van der Waals surface area (Å²) in [7, 11) is 1.37. The van der Waals surface area contributed by atoms with Gasteiger partial charge in [0, 0.05) is 12.6 Å². The lowest BCUT2D eigenvalue weighted by molar-refractivity contribution is 0.0599. The maximum atomic E-state index is 11.5. The zero-order valence-electron chi connectivity index (χ0n) is 11.3. The molecule has 1 aliphatic rings. The van der Waals surface area contributed by atoms with E-state index in [1.54, 1.807) is 13.0 Å². The Kier molecular flexibility index (Phi) is 5.85. The minimum Gasteiger partial charge on any atom is -0.465 e. The van der Waals surface area contributed by atoms with Gasteiger partial charge in [0.05, 0.1) is 13.7 Å². The van der Waals surface area contributed by atoms with Crippen LogP contribution in [0.4, 0.5) is 0 Å². The van der Waals surface area contributed by atoms with Crippen molar-refractivity contribution in [3.8, 4) is 0 Å². The van der Waals surface area contributed by atoms with Gasteiger partial charge in [0.2, 0.25) is 0 Å². The van der Waals surface area contributed by atoms with Crippen molar-refractivity contribution in [2.75, 3.05) is 20.2 Å². The van der Waals surface area contributed by atoms with E-state index in [9.17, 15) is 4.79 Å². The van der Waals surface area contributed by atoms with Crippen molar-refractivity contribution < 1.29 is 13.9 Å². The van der Waals surface area contributed by atoms with E-state index in [2.05, 4.69) is 4.90 Å². The Morgan fingerprint density at radius 2 is 2.37 bits per heavy atom. The van der Waals surface area contributed by atoms with Gasteiger partial charge < -0.3 is 14.9 Å². The molecule has 0 amide bonds. The number of ether oxygens (including phenoxy) is 1. The first kappa shape index (κ1) is 16.0. The summed E-state index contributed by atoms with van der Waals surface area (Å²) in [5, 5.41) is 0. The van der Waals surface area contributed by atoms with Crippen molar-refractivity contribution in [1.29, 1.82) is 0 Å². The number of esters is 1. The molecule has 6 heteroatoms. The molecule has 19 heavy (non-hydrogen) atoms. The molecule has 1 aromatic heterocycles. The minimum atomic E-state index is -0.349. The molecule has 0 bridgehead atoms. The number of carbonyl (C=O) groups is 1. The van der Waals surface area contributed by atoms with Crippen LogP contribution in [0.25, 0.3) is 0 Å². The summed E-state index contributed by atoms with van der Waals surface area (Å²) in [6, 6.07) is 2.01. The Bertz CT molecular complexity index is 434. The molecule has 2 heterocycles. The lowest BCUT2D eigenvalue weighted by atomic mass is 10.1. The summed E-state index contributed by atoms with van der Waals surface area (Å²) in [6.07, 6.45) is 2.20. The van der Waals surface area contributed by atoms with Crippen molar-refractivity contribution in [3.63, 3.8) is 0 Å². The molecule has 0 radical (unpaired) electrons. The zero-order chi connectivity index (χ0) is 13.1. The molecule has 2 N–H and O–H groups in total. The molecule has 1 atom stereocenters. The van der Waals surface area contributed by atoms with E-state index in [-0.39, 0.29) is 24.4 Å². The van der Waals surface area contributed by atoms with Gasteiger partial charge in [-0.05, 0) is 32.4 Å². The first-order chi connectivity index (χ1) is 8.60. The highest BCUT2D eigenvalue weighted by Crippen LogP contribution is 2.19. The molecular formula is C13H21ClN2O3. The second-order valence-electron chi connectivity index (χ2n) is 4.81. The van der Waals surface area contributed by atoms with Crippen LogP contribution >= 0.6 is 12.4 Å². The van der Waals surface area contributed by atoms with Crippen LogP contribution in [-0.4, -0.2) is 37.1 Å². The molecule has 2 rings (SSSR count). The molecular weight excluding hydrogens is 268 g/mol. The number of piperidine rings is 1. The van der Waals surface area contributed by atoms with Gasteiger partial charge in [0.25, 0.3) is 0 Å². The number of hydrogen-bond acceptors (Lipinski definition) is 5. The summed E-state index contributed by atoms with van der Waals surface area (Å²) in [6.45, 7) is 4.39. The highest BCUT2D eigenvalue weighted by Gasteiger charge is 2.20. The van der Waals surface area contributed by atoms with E-state index in [4.69, 9.17) is 14.9 Å². The van der Waals surface area contributed by atoms with Crippen molar-refractivity contribution in [1.82, 2.24) is 4.90 Å². The summed E-state index contributed by atoms with van der Waals surface area (Å²) < 4.78 is 10.3. The monoisotopic (exact) mass is 288 g/mol. The molecule has 1 aromatic rings. The van der Waals surface area contributed by atoms with Crippen LogP contribution in [0.3, 0.4) is 0 Å². The van der Waals surface area contributed by atoms with Crippen LogP contribution in [0.2, 0.25) is 0 Å². The van der Waals surface area contributed by atoms with Crippen LogP contribution in [0.15, 0.2) is 10.5 Å². The third-order valence-electron chi connectivity index (χ3n) is 3.30. The number of furan rings is 1. The molecule has 1 unspecified atom stereocenters. The zero-order valence-corrected chi connectivity index (χ0v) is 12.2. The number of carbonyl (C=O) groups excluding carboxylic acids is 1. The van der Waals surface area contributed by atoms with Gasteiger partial charge in [-0.15, -0.1) is 12.4 Å². The molecule has 1 saturated heterocycles. The van der Waals surface area contributed by atoms with Gasteiger partial charge in [-0.3, -0.25) is 4.90 Å². The SMILES string of the molecule is COC(=O)c1cc(CN2CCCC(N)C2)oc1C.Cl. The average molecular weight is 289 g/mol. The topological polar surface area (TPSA) is 68.7 Å². The second kappa shape index (κ2) is 6.93. The Balaban J connectivity index is 0.00000180.